The van der Waals surface area contributed by atoms with E-state index in [9.17, 15) is 14.3 Å². The van der Waals surface area contributed by atoms with Crippen LogP contribution in [0.4, 0.5) is 15.9 Å². The van der Waals surface area contributed by atoms with Gasteiger partial charge >= 0.3 is 5.97 Å². The fourth-order valence-corrected chi connectivity index (χ4v) is 4.28. The Balaban J connectivity index is 1.76. The molecule has 0 bridgehead atoms. The van der Waals surface area contributed by atoms with E-state index in [-0.39, 0.29) is 11.6 Å². The van der Waals surface area contributed by atoms with Gasteiger partial charge in [-0.15, -0.1) is 0 Å². The molecule has 4 rings (SSSR count). The normalized spacial score (nSPS) is 15.2. The van der Waals surface area contributed by atoms with Crippen molar-refractivity contribution in [2.75, 3.05) is 23.3 Å². The summed E-state index contributed by atoms with van der Waals surface area (Å²) in [5.41, 5.74) is 4.79. The second-order valence-electron chi connectivity index (χ2n) is 8.26. The van der Waals surface area contributed by atoms with Gasteiger partial charge in [-0.3, -0.25) is 0 Å². The number of piperidine rings is 1. The highest BCUT2D eigenvalue weighted by Crippen LogP contribution is 2.31. The lowest BCUT2D eigenvalue weighted by Crippen LogP contribution is -2.31. The van der Waals surface area contributed by atoms with Crippen LogP contribution in [0.2, 0.25) is 0 Å². The molecule has 1 aliphatic heterocycles. The molecule has 2 heterocycles. The zero-order valence-corrected chi connectivity index (χ0v) is 18.1. The first-order valence-corrected chi connectivity index (χ1v) is 10.7. The minimum atomic E-state index is -1.17. The predicted molar refractivity (Wildman–Crippen MR) is 120 cm³/mol. The maximum atomic E-state index is 13.6. The number of anilines is 2. The molecule has 0 unspecified atom stereocenters. The number of rotatable bonds is 5. The van der Waals surface area contributed by atoms with Crippen LogP contribution in [0.1, 0.15) is 59.4 Å². The van der Waals surface area contributed by atoms with E-state index in [2.05, 4.69) is 10.2 Å². The Morgan fingerprint density at radius 2 is 1.87 bits per heavy atom. The van der Waals surface area contributed by atoms with Gasteiger partial charge in [0.2, 0.25) is 0 Å². The summed E-state index contributed by atoms with van der Waals surface area (Å²) < 4.78 is 13.6. The van der Waals surface area contributed by atoms with E-state index in [0.717, 1.165) is 65.7 Å². The van der Waals surface area contributed by atoms with Gasteiger partial charge in [-0.2, -0.15) is 0 Å². The third kappa shape index (κ3) is 4.31. The molecular weight excluding hydrogens is 395 g/mol. The lowest BCUT2D eigenvalue weighted by molar-refractivity contribution is 0.0697. The van der Waals surface area contributed by atoms with E-state index < -0.39 is 11.8 Å². The first-order chi connectivity index (χ1) is 14.8. The zero-order chi connectivity index (χ0) is 22.1. The third-order valence-corrected chi connectivity index (χ3v) is 5.80. The van der Waals surface area contributed by atoms with Crippen LogP contribution in [0, 0.1) is 19.7 Å². The second-order valence-corrected chi connectivity index (χ2v) is 8.26. The van der Waals surface area contributed by atoms with Gasteiger partial charge in [-0.1, -0.05) is 6.07 Å². The van der Waals surface area contributed by atoms with Crippen LogP contribution in [0.5, 0.6) is 0 Å². The lowest BCUT2D eigenvalue weighted by Gasteiger charge is -2.29. The van der Waals surface area contributed by atoms with Gasteiger partial charge in [0.05, 0.1) is 28.3 Å². The summed E-state index contributed by atoms with van der Waals surface area (Å²) in [6.45, 7) is 7.91. The molecule has 7 heteroatoms. The fourth-order valence-electron chi connectivity index (χ4n) is 4.28. The number of carboxylic acids is 1. The molecule has 31 heavy (non-hydrogen) atoms. The summed E-state index contributed by atoms with van der Waals surface area (Å²) in [6.07, 6.45) is 3.55. The minimum absolute atomic E-state index is 0.0975. The Morgan fingerprint density at radius 3 is 2.58 bits per heavy atom. The molecule has 0 spiro atoms. The number of fused-ring (bicyclic) bond motifs is 1. The topological polar surface area (TPSA) is 78.3 Å². The third-order valence-electron chi connectivity index (χ3n) is 5.80. The highest BCUT2D eigenvalue weighted by Gasteiger charge is 2.20. The van der Waals surface area contributed by atoms with Gasteiger partial charge in [0.15, 0.2) is 5.82 Å². The van der Waals surface area contributed by atoms with Crippen LogP contribution in [0.15, 0.2) is 30.3 Å². The van der Waals surface area contributed by atoms with Crippen molar-refractivity contribution in [2.24, 2.45) is 0 Å². The predicted octanol–water partition coefficient (Wildman–Crippen LogP) is 5.25. The number of aromatic carboxylic acids is 1. The van der Waals surface area contributed by atoms with Crippen LogP contribution >= 0.6 is 0 Å². The Hall–Kier alpha value is -3.22. The van der Waals surface area contributed by atoms with E-state index in [4.69, 9.17) is 9.97 Å². The van der Waals surface area contributed by atoms with Gasteiger partial charge in [0.25, 0.3) is 0 Å². The van der Waals surface area contributed by atoms with Crippen LogP contribution in [0.25, 0.3) is 11.0 Å². The summed E-state index contributed by atoms with van der Waals surface area (Å²) in [5.74, 6) is -0.840. The minimum Gasteiger partial charge on any atom is -0.478 e. The molecule has 1 aliphatic rings. The summed E-state index contributed by atoms with van der Waals surface area (Å²) in [5, 5.41) is 12.7. The number of nitrogens with one attached hydrogen (secondary N) is 1. The number of benzene rings is 2. The van der Waals surface area contributed by atoms with Crippen LogP contribution in [0.3, 0.4) is 0 Å². The SMILES string of the molecule is Cc1cc([C@@H](C)Nc2ccc(F)cc2C(=O)O)c2nc(N3CCCCC3)c(C)nc2c1. The summed E-state index contributed by atoms with van der Waals surface area (Å²) in [6, 6.07) is 7.57. The van der Waals surface area contributed by atoms with Crippen LogP contribution in [-0.4, -0.2) is 34.1 Å². The average Bonchev–Trinajstić information content (AvgIpc) is 2.74. The van der Waals surface area contributed by atoms with Crippen LogP contribution in [-0.2, 0) is 0 Å². The molecule has 0 saturated carbocycles. The number of carboxylic acid groups (broad SMARTS) is 1. The van der Waals surface area contributed by atoms with Crippen molar-refractivity contribution < 1.29 is 14.3 Å². The first-order valence-electron chi connectivity index (χ1n) is 10.7. The number of aromatic nitrogens is 2. The van der Waals surface area contributed by atoms with Crippen molar-refractivity contribution in [1.82, 2.24) is 9.97 Å². The van der Waals surface area contributed by atoms with Gasteiger partial charge in [0.1, 0.15) is 5.82 Å². The summed E-state index contributed by atoms with van der Waals surface area (Å²) >= 11 is 0. The molecule has 1 saturated heterocycles. The summed E-state index contributed by atoms with van der Waals surface area (Å²) in [7, 11) is 0. The van der Waals surface area contributed by atoms with Gasteiger partial charge < -0.3 is 15.3 Å². The molecule has 162 valence electrons. The Morgan fingerprint density at radius 1 is 1.13 bits per heavy atom. The molecule has 0 amide bonds. The standard InChI is InChI=1S/C24H27FN4O2/c1-14-11-18(15(2)26-20-8-7-17(25)13-19(20)24(30)31)22-21(12-14)27-16(3)23(28-22)29-9-5-4-6-10-29/h7-8,11-13,15,26H,4-6,9-10H2,1-3H3,(H,30,31)/t15-/m1/s1. The maximum absolute atomic E-state index is 13.6. The largest absolute Gasteiger partial charge is 0.478 e. The molecule has 0 aliphatic carbocycles. The first kappa shape index (κ1) is 21.0. The van der Waals surface area contributed by atoms with Gasteiger partial charge in [-0.05, 0) is 69.9 Å². The van der Waals surface area contributed by atoms with Crippen molar-refractivity contribution in [2.45, 2.75) is 46.1 Å². The molecule has 1 aromatic heterocycles. The lowest BCUT2D eigenvalue weighted by atomic mass is 10.0. The van der Waals surface area contributed by atoms with Crippen molar-refractivity contribution in [3.8, 4) is 0 Å². The molecule has 1 fully saturated rings. The monoisotopic (exact) mass is 422 g/mol. The Labute approximate surface area is 181 Å². The van der Waals surface area contributed by atoms with Crippen molar-refractivity contribution in [1.29, 1.82) is 0 Å². The number of halogens is 1. The molecule has 2 N–H and O–H groups in total. The van der Waals surface area contributed by atoms with E-state index in [0.29, 0.717) is 5.69 Å². The fraction of sp³-hybridized carbons (Fsp3) is 0.375. The molecule has 0 radical (unpaired) electrons. The highest BCUT2D eigenvalue weighted by atomic mass is 19.1. The number of hydrogen-bond acceptors (Lipinski definition) is 5. The Bertz CT molecular complexity index is 1140. The molecular formula is C24H27FN4O2. The number of aryl methyl sites for hydroxylation is 2. The van der Waals surface area contributed by atoms with E-state index in [1.807, 2.05) is 32.9 Å². The van der Waals surface area contributed by atoms with Crippen molar-refractivity contribution in [3.05, 3.63) is 58.5 Å². The summed E-state index contributed by atoms with van der Waals surface area (Å²) in [4.78, 5) is 23.7. The molecule has 6 nitrogen and oxygen atoms in total. The van der Waals surface area contributed by atoms with Crippen molar-refractivity contribution >= 4 is 28.5 Å². The smallest absolute Gasteiger partial charge is 0.337 e. The van der Waals surface area contributed by atoms with E-state index in [1.54, 1.807) is 0 Å². The van der Waals surface area contributed by atoms with Gasteiger partial charge in [-0.25, -0.2) is 19.2 Å². The molecule has 1 atom stereocenters. The Kier molecular flexibility index (Phi) is 5.76. The number of hydrogen-bond donors (Lipinski definition) is 2. The quantitative estimate of drug-likeness (QED) is 0.585. The highest BCUT2D eigenvalue weighted by molar-refractivity contribution is 5.94. The molecule has 3 aromatic rings. The maximum Gasteiger partial charge on any atom is 0.337 e. The van der Waals surface area contributed by atoms with E-state index in [1.165, 1.54) is 18.6 Å². The average molecular weight is 423 g/mol. The second kappa shape index (κ2) is 8.49. The molecule has 2 aromatic carbocycles. The van der Waals surface area contributed by atoms with E-state index >= 15 is 0 Å². The van der Waals surface area contributed by atoms with Crippen molar-refractivity contribution in [3.63, 3.8) is 0 Å². The number of nitrogens with zero attached hydrogens (tertiary/aromatic N) is 3. The zero-order valence-electron chi connectivity index (χ0n) is 18.1. The van der Waals surface area contributed by atoms with Crippen LogP contribution < -0.4 is 10.2 Å². The van der Waals surface area contributed by atoms with Gasteiger partial charge in [0, 0.05) is 24.3 Å². The number of carbonyl (C=O) groups is 1.